The summed E-state index contributed by atoms with van der Waals surface area (Å²) in [6.45, 7) is 2.09. The van der Waals surface area contributed by atoms with Gasteiger partial charge in [-0.05, 0) is 43.5 Å². The second-order valence-electron chi connectivity index (χ2n) is 6.87. The van der Waals surface area contributed by atoms with E-state index in [-0.39, 0.29) is 5.91 Å². The quantitative estimate of drug-likeness (QED) is 0.600. The topological polar surface area (TPSA) is 63.7 Å². The third kappa shape index (κ3) is 4.11. The van der Waals surface area contributed by atoms with Crippen LogP contribution in [-0.4, -0.2) is 38.2 Å². The van der Waals surface area contributed by atoms with Crippen LogP contribution in [0.25, 0.3) is 10.2 Å². The zero-order chi connectivity index (χ0) is 20.4. The normalized spacial score (nSPS) is 14.1. The number of ether oxygens (including phenoxy) is 2. The highest BCUT2D eigenvalue weighted by Crippen LogP contribution is 2.36. The number of halogens is 1. The Hall–Kier alpha value is -2.51. The van der Waals surface area contributed by atoms with E-state index in [1.165, 1.54) is 33.5 Å². The molecule has 4 rings (SSSR count). The average molecular weight is 432 g/mol. The van der Waals surface area contributed by atoms with Crippen LogP contribution in [0.3, 0.4) is 0 Å². The number of carbonyl (C=O) groups excluding carboxylic acids is 1. The fourth-order valence-electron chi connectivity index (χ4n) is 3.43. The van der Waals surface area contributed by atoms with Gasteiger partial charge in [0.1, 0.15) is 11.5 Å². The number of rotatable bonds is 5. The van der Waals surface area contributed by atoms with Crippen molar-refractivity contribution in [2.45, 2.75) is 19.3 Å². The van der Waals surface area contributed by atoms with Gasteiger partial charge in [0.15, 0.2) is 5.13 Å². The molecule has 29 heavy (non-hydrogen) atoms. The van der Waals surface area contributed by atoms with Crippen LogP contribution in [0, 0.1) is 0 Å². The number of fused-ring (bicyclic) bond motifs is 1. The molecule has 8 heteroatoms. The van der Waals surface area contributed by atoms with Crippen LogP contribution in [0.4, 0.5) is 10.8 Å². The fraction of sp³-hybridized carbons (Fsp3) is 0.333. The number of hydrogen-bond donors (Lipinski definition) is 1. The third-order valence-electron chi connectivity index (χ3n) is 4.99. The van der Waals surface area contributed by atoms with Crippen molar-refractivity contribution in [1.29, 1.82) is 0 Å². The first-order valence-electron chi connectivity index (χ1n) is 9.47. The van der Waals surface area contributed by atoms with Crippen molar-refractivity contribution >= 4 is 49.9 Å². The molecule has 152 valence electrons. The lowest BCUT2D eigenvalue weighted by Crippen LogP contribution is -2.29. The summed E-state index contributed by atoms with van der Waals surface area (Å²) in [7, 11) is 3.06. The van der Waals surface area contributed by atoms with Gasteiger partial charge in [-0.1, -0.05) is 22.9 Å². The number of hydrogen-bond acceptors (Lipinski definition) is 6. The Morgan fingerprint density at radius 3 is 2.59 bits per heavy atom. The molecule has 3 aromatic rings. The molecular weight excluding hydrogens is 410 g/mol. The second kappa shape index (κ2) is 8.47. The molecule has 6 nitrogen and oxygen atoms in total. The number of thiazole rings is 1. The monoisotopic (exact) mass is 431 g/mol. The molecule has 1 aliphatic rings. The zero-order valence-electron chi connectivity index (χ0n) is 16.3. The first-order chi connectivity index (χ1) is 14.1. The molecule has 0 spiro atoms. The molecule has 0 radical (unpaired) electrons. The molecule has 0 saturated carbocycles. The van der Waals surface area contributed by atoms with Gasteiger partial charge in [0, 0.05) is 24.7 Å². The summed E-state index contributed by atoms with van der Waals surface area (Å²) in [5, 5.41) is 4.30. The van der Waals surface area contributed by atoms with Gasteiger partial charge in [-0.15, -0.1) is 0 Å². The number of piperidine rings is 1. The number of nitrogens with zero attached hydrogens (tertiary/aromatic N) is 2. The highest BCUT2D eigenvalue weighted by molar-refractivity contribution is 7.22. The van der Waals surface area contributed by atoms with Crippen molar-refractivity contribution in [1.82, 2.24) is 4.98 Å². The minimum Gasteiger partial charge on any atom is -0.495 e. The largest absolute Gasteiger partial charge is 0.495 e. The van der Waals surface area contributed by atoms with Crippen LogP contribution in [0.2, 0.25) is 5.02 Å². The summed E-state index contributed by atoms with van der Waals surface area (Å²) < 4.78 is 11.5. The molecular formula is C21H22ClN3O3S. The van der Waals surface area contributed by atoms with E-state index in [4.69, 9.17) is 26.1 Å². The van der Waals surface area contributed by atoms with E-state index in [0.29, 0.717) is 27.8 Å². The predicted molar refractivity (Wildman–Crippen MR) is 118 cm³/mol. The Balaban J connectivity index is 1.58. The molecule has 0 aliphatic carbocycles. The van der Waals surface area contributed by atoms with Gasteiger partial charge in [-0.2, -0.15) is 0 Å². The maximum Gasteiger partial charge on any atom is 0.255 e. The van der Waals surface area contributed by atoms with Crippen molar-refractivity contribution in [2.75, 3.05) is 37.5 Å². The summed E-state index contributed by atoms with van der Waals surface area (Å²) in [5.41, 5.74) is 1.96. The van der Waals surface area contributed by atoms with Crippen molar-refractivity contribution in [2.24, 2.45) is 0 Å². The summed E-state index contributed by atoms with van der Waals surface area (Å²) in [6, 6.07) is 8.83. The van der Waals surface area contributed by atoms with Crippen LogP contribution < -0.4 is 19.7 Å². The number of methoxy groups -OCH3 is 2. The predicted octanol–water partition coefficient (Wildman–Crippen LogP) is 5.21. The molecule has 0 bridgehead atoms. The van der Waals surface area contributed by atoms with Gasteiger partial charge in [-0.3, -0.25) is 4.79 Å². The second-order valence-corrected chi connectivity index (χ2v) is 8.28. The minimum atomic E-state index is -0.237. The molecule has 1 fully saturated rings. The fourth-order valence-corrected chi connectivity index (χ4v) is 4.72. The molecule has 1 aliphatic heterocycles. The highest BCUT2D eigenvalue weighted by Gasteiger charge is 2.17. The first-order valence-corrected chi connectivity index (χ1v) is 10.7. The van der Waals surface area contributed by atoms with Gasteiger partial charge < -0.3 is 19.7 Å². The lowest BCUT2D eigenvalue weighted by Gasteiger charge is -2.25. The smallest absolute Gasteiger partial charge is 0.255 e. The standard InChI is InChI=1S/C21H22ClN3O3S/c1-27-17-12-18(28-2)16(11-14(17)22)23-20(26)13-6-7-15-19(10-13)29-21(24-15)25-8-4-3-5-9-25/h6-7,10-12H,3-5,8-9H2,1-2H3,(H,23,26). The maximum atomic E-state index is 12.8. The van der Waals surface area contributed by atoms with Crippen molar-refractivity contribution in [3.8, 4) is 11.5 Å². The van der Waals surface area contributed by atoms with Crippen LogP contribution >= 0.6 is 22.9 Å². The van der Waals surface area contributed by atoms with Crippen LogP contribution in [-0.2, 0) is 0 Å². The minimum absolute atomic E-state index is 0.237. The number of nitrogens with one attached hydrogen (secondary N) is 1. The Bertz CT molecular complexity index is 1050. The van der Waals surface area contributed by atoms with Crippen molar-refractivity contribution in [3.05, 3.63) is 40.9 Å². The number of benzene rings is 2. The van der Waals surface area contributed by atoms with Gasteiger partial charge in [0.05, 0.1) is 35.1 Å². The molecule has 1 N–H and O–H groups in total. The number of aromatic nitrogens is 1. The molecule has 0 atom stereocenters. The van der Waals surface area contributed by atoms with E-state index in [2.05, 4.69) is 10.2 Å². The molecule has 1 aromatic heterocycles. The van der Waals surface area contributed by atoms with Crippen LogP contribution in [0.15, 0.2) is 30.3 Å². The summed E-state index contributed by atoms with van der Waals surface area (Å²) in [4.78, 5) is 19.9. The van der Waals surface area contributed by atoms with E-state index in [1.54, 1.807) is 29.5 Å². The van der Waals surface area contributed by atoms with E-state index < -0.39 is 0 Å². The Morgan fingerprint density at radius 1 is 1.10 bits per heavy atom. The molecule has 2 aromatic carbocycles. The van der Waals surface area contributed by atoms with Crippen LogP contribution in [0.5, 0.6) is 11.5 Å². The zero-order valence-corrected chi connectivity index (χ0v) is 17.9. The molecule has 1 amide bonds. The van der Waals surface area contributed by atoms with Crippen molar-refractivity contribution in [3.63, 3.8) is 0 Å². The number of carbonyl (C=O) groups is 1. The molecule has 2 heterocycles. The van der Waals surface area contributed by atoms with E-state index >= 15 is 0 Å². The van der Waals surface area contributed by atoms with Crippen molar-refractivity contribution < 1.29 is 14.3 Å². The summed E-state index contributed by atoms with van der Waals surface area (Å²) in [6.07, 6.45) is 3.69. The highest BCUT2D eigenvalue weighted by atomic mass is 35.5. The van der Waals surface area contributed by atoms with Crippen LogP contribution in [0.1, 0.15) is 29.6 Å². The lowest BCUT2D eigenvalue weighted by molar-refractivity contribution is 0.102. The van der Waals surface area contributed by atoms with E-state index in [0.717, 1.165) is 28.4 Å². The SMILES string of the molecule is COc1cc(OC)c(NC(=O)c2ccc3nc(N4CCCCC4)sc3c2)cc1Cl. The van der Waals surface area contributed by atoms with Gasteiger partial charge in [-0.25, -0.2) is 4.98 Å². The molecule has 1 saturated heterocycles. The Kier molecular flexibility index (Phi) is 5.78. The lowest BCUT2D eigenvalue weighted by atomic mass is 10.1. The Labute approximate surface area is 178 Å². The van der Waals surface area contributed by atoms with Gasteiger partial charge >= 0.3 is 0 Å². The number of amides is 1. The maximum absolute atomic E-state index is 12.8. The van der Waals surface area contributed by atoms with Gasteiger partial charge in [0.2, 0.25) is 0 Å². The number of anilines is 2. The third-order valence-corrected chi connectivity index (χ3v) is 6.36. The first kappa shape index (κ1) is 19.8. The molecule has 0 unspecified atom stereocenters. The Morgan fingerprint density at radius 2 is 1.86 bits per heavy atom. The summed E-state index contributed by atoms with van der Waals surface area (Å²) in [5.74, 6) is 0.725. The van der Waals surface area contributed by atoms with E-state index in [1.807, 2.05) is 12.1 Å². The summed E-state index contributed by atoms with van der Waals surface area (Å²) >= 11 is 7.83. The van der Waals surface area contributed by atoms with E-state index in [9.17, 15) is 4.79 Å². The van der Waals surface area contributed by atoms with Gasteiger partial charge in [0.25, 0.3) is 5.91 Å². The average Bonchev–Trinajstić information content (AvgIpc) is 3.18.